The minimum atomic E-state index is 0.425. The third kappa shape index (κ3) is 8.27. The predicted octanol–water partition coefficient (Wildman–Crippen LogP) is 3.79. The van der Waals surface area contributed by atoms with Crippen molar-refractivity contribution in [1.82, 2.24) is 0 Å². The zero-order valence-corrected chi connectivity index (χ0v) is 8.60. The lowest BCUT2D eigenvalue weighted by atomic mass is 10.2. The highest BCUT2D eigenvalue weighted by molar-refractivity contribution is 14.1. The molecule has 60 valence electrons. The summed E-state index contributed by atoms with van der Waals surface area (Å²) in [7, 11) is 0. The van der Waals surface area contributed by atoms with E-state index in [0.29, 0.717) is 3.77 Å². The molecule has 0 saturated heterocycles. The van der Waals surface area contributed by atoms with Crippen LogP contribution < -0.4 is 0 Å². The highest BCUT2D eigenvalue weighted by Gasteiger charge is 1.86. The Labute approximate surface area is 76.7 Å². The van der Waals surface area contributed by atoms with Crippen LogP contribution in [0.3, 0.4) is 0 Å². The normalized spacial score (nSPS) is 12.0. The van der Waals surface area contributed by atoms with Crippen LogP contribution in [0.25, 0.3) is 0 Å². The van der Waals surface area contributed by atoms with Crippen molar-refractivity contribution in [2.45, 2.75) is 39.0 Å². The Bertz CT molecular complexity index is 95.4. The van der Waals surface area contributed by atoms with Gasteiger partial charge in [-0.1, -0.05) is 26.2 Å². The largest absolute Gasteiger partial charge is 0.503 e. The van der Waals surface area contributed by atoms with Gasteiger partial charge in [-0.3, -0.25) is 0 Å². The van der Waals surface area contributed by atoms with Gasteiger partial charge in [0.15, 0.2) is 0 Å². The zero-order valence-electron chi connectivity index (χ0n) is 6.44. The number of halogens is 1. The van der Waals surface area contributed by atoms with E-state index in [1.165, 1.54) is 25.7 Å². The Hall–Kier alpha value is 0.270. The minimum absolute atomic E-state index is 0.425. The first kappa shape index (κ1) is 10.3. The minimum Gasteiger partial charge on any atom is -0.503 e. The Morgan fingerprint density at radius 3 is 2.60 bits per heavy atom. The smallest absolute Gasteiger partial charge is 0.149 e. The Balaban J connectivity index is 2.98. The van der Waals surface area contributed by atoms with Crippen LogP contribution >= 0.6 is 22.6 Å². The standard InChI is InChI=1S/C8H15IO/c1-2-3-4-5-6-7-8(9)10/h7,10H,2-6H2,1H3/b8-7-. The van der Waals surface area contributed by atoms with Gasteiger partial charge in [0.1, 0.15) is 3.77 Å². The van der Waals surface area contributed by atoms with Crippen LogP contribution in [0.15, 0.2) is 9.84 Å². The van der Waals surface area contributed by atoms with Gasteiger partial charge in [0.2, 0.25) is 0 Å². The third-order valence-electron chi connectivity index (χ3n) is 1.37. The summed E-state index contributed by atoms with van der Waals surface area (Å²) >= 11 is 1.92. The van der Waals surface area contributed by atoms with E-state index in [-0.39, 0.29) is 0 Å². The van der Waals surface area contributed by atoms with Crippen molar-refractivity contribution in [3.05, 3.63) is 9.84 Å². The van der Waals surface area contributed by atoms with Crippen molar-refractivity contribution >= 4 is 22.6 Å². The number of hydrogen-bond donors (Lipinski definition) is 1. The quantitative estimate of drug-likeness (QED) is 0.449. The predicted molar refractivity (Wildman–Crippen MR) is 53.5 cm³/mol. The van der Waals surface area contributed by atoms with Gasteiger partial charge in [-0.2, -0.15) is 0 Å². The van der Waals surface area contributed by atoms with E-state index in [9.17, 15) is 0 Å². The molecule has 0 spiro atoms. The number of unbranched alkanes of at least 4 members (excludes halogenated alkanes) is 4. The molecule has 0 aliphatic rings. The average molecular weight is 254 g/mol. The molecule has 0 amide bonds. The van der Waals surface area contributed by atoms with Crippen LogP contribution in [0.1, 0.15) is 39.0 Å². The molecule has 0 aromatic heterocycles. The van der Waals surface area contributed by atoms with Gasteiger partial charge in [-0.05, 0) is 41.5 Å². The summed E-state index contributed by atoms with van der Waals surface area (Å²) in [6.45, 7) is 2.20. The summed E-state index contributed by atoms with van der Waals surface area (Å²) in [6.07, 6.45) is 7.98. The summed E-state index contributed by atoms with van der Waals surface area (Å²) in [5.41, 5.74) is 0. The van der Waals surface area contributed by atoms with Crippen LogP contribution in [0.2, 0.25) is 0 Å². The van der Waals surface area contributed by atoms with Gasteiger partial charge in [0, 0.05) is 0 Å². The second-order valence-electron chi connectivity index (χ2n) is 2.38. The van der Waals surface area contributed by atoms with Crippen LogP contribution in [-0.2, 0) is 0 Å². The molecule has 1 nitrogen and oxygen atoms in total. The molecule has 0 unspecified atom stereocenters. The van der Waals surface area contributed by atoms with Crippen LogP contribution in [0.5, 0.6) is 0 Å². The van der Waals surface area contributed by atoms with E-state index in [0.717, 1.165) is 6.42 Å². The summed E-state index contributed by atoms with van der Waals surface area (Å²) in [5.74, 6) is 0. The molecule has 0 aliphatic heterocycles. The van der Waals surface area contributed by atoms with Gasteiger partial charge in [0.05, 0.1) is 0 Å². The molecule has 0 fully saturated rings. The molecule has 2 heteroatoms. The number of hydrogen-bond acceptors (Lipinski definition) is 1. The molecule has 0 aliphatic carbocycles. The highest BCUT2D eigenvalue weighted by Crippen LogP contribution is 2.07. The van der Waals surface area contributed by atoms with Crippen molar-refractivity contribution in [1.29, 1.82) is 0 Å². The summed E-state index contributed by atoms with van der Waals surface area (Å²) < 4.78 is 0.425. The van der Waals surface area contributed by atoms with Crippen LogP contribution in [0.4, 0.5) is 0 Å². The third-order valence-corrected chi connectivity index (χ3v) is 1.81. The molecular formula is C8H15IO. The number of allylic oxidation sites excluding steroid dienone is 1. The van der Waals surface area contributed by atoms with Crippen LogP contribution in [0, 0.1) is 0 Å². The first-order chi connectivity index (χ1) is 4.77. The second-order valence-corrected chi connectivity index (χ2v) is 3.48. The fourth-order valence-electron chi connectivity index (χ4n) is 0.792. The van der Waals surface area contributed by atoms with Crippen molar-refractivity contribution in [2.75, 3.05) is 0 Å². The molecule has 0 atom stereocenters. The maximum absolute atomic E-state index is 8.76. The van der Waals surface area contributed by atoms with E-state index >= 15 is 0 Å². The van der Waals surface area contributed by atoms with E-state index in [2.05, 4.69) is 6.92 Å². The van der Waals surface area contributed by atoms with Crippen LogP contribution in [-0.4, -0.2) is 5.11 Å². The molecule has 0 bridgehead atoms. The Morgan fingerprint density at radius 1 is 1.40 bits per heavy atom. The molecule has 0 radical (unpaired) electrons. The average Bonchev–Trinajstić information content (AvgIpc) is 1.87. The van der Waals surface area contributed by atoms with Gasteiger partial charge in [0.25, 0.3) is 0 Å². The van der Waals surface area contributed by atoms with Gasteiger partial charge >= 0.3 is 0 Å². The molecule has 0 rings (SSSR count). The summed E-state index contributed by atoms with van der Waals surface area (Å²) in [4.78, 5) is 0. The van der Waals surface area contributed by atoms with Gasteiger partial charge in [-0.15, -0.1) is 0 Å². The van der Waals surface area contributed by atoms with Crippen molar-refractivity contribution < 1.29 is 5.11 Å². The molecule has 10 heavy (non-hydrogen) atoms. The molecule has 1 N–H and O–H groups in total. The lowest BCUT2D eigenvalue weighted by Gasteiger charge is -1.93. The SMILES string of the molecule is CCCCCC/C=C(\O)I. The maximum Gasteiger partial charge on any atom is 0.149 e. The molecule has 0 aromatic rings. The van der Waals surface area contributed by atoms with Crippen molar-refractivity contribution in [3.8, 4) is 0 Å². The van der Waals surface area contributed by atoms with E-state index in [1.807, 2.05) is 28.7 Å². The topological polar surface area (TPSA) is 20.2 Å². The van der Waals surface area contributed by atoms with Gasteiger partial charge < -0.3 is 5.11 Å². The summed E-state index contributed by atoms with van der Waals surface area (Å²) in [5, 5.41) is 8.76. The maximum atomic E-state index is 8.76. The number of rotatable bonds is 5. The summed E-state index contributed by atoms with van der Waals surface area (Å²) in [6, 6.07) is 0. The number of aliphatic hydroxyl groups is 1. The Morgan fingerprint density at radius 2 is 2.10 bits per heavy atom. The van der Waals surface area contributed by atoms with Gasteiger partial charge in [-0.25, -0.2) is 0 Å². The molecular weight excluding hydrogens is 239 g/mol. The van der Waals surface area contributed by atoms with E-state index in [1.54, 1.807) is 0 Å². The monoisotopic (exact) mass is 254 g/mol. The highest BCUT2D eigenvalue weighted by atomic mass is 127. The first-order valence-corrected chi connectivity index (χ1v) is 4.90. The fraction of sp³-hybridized carbons (Fsp3) is 0.750. The molecule has 0 aromatic carbocycles. The molecule has 0 saturated carbocycles. The fourth-order valence-corrected chi connectivity index (χ4v) is 1.10. The van der Waals surface area contributed by atoms with E-state index < -0.39 is 0 Å². The Kier molecular flexibility index (Phi) is 7.58. The lowest BCUT2D eigenvalue weighted by molar-refractivity contribution is 0.461. The molecule has 0 heterocycles. The first-order valence-electron chi connectivity index (χ1n) is 3.82. The van der Waals surface area contributed by atoms with Crippen molar-refractivity contribution in [2.24, 2.45) is 0 Å². The second kappa shape index (κ2) is 7.38. The van der Waals surface area contributed by atoms with E-state index in [4.69, 9.17) is 5.11 Å². The zero-order chi connectivity index (χ0) is 7.82. The van der Waals surface area contributed by atoms with Crippen molar-refractivity contribution in [3.63, 3.8) is 0 Å². The lowest BCUT2D eigenvalue weighted by Crippen LogP contribution is -1.74. The number of aliphatic hydroxyl groups excluding tert-OH is 1.